The lowest BCUT2D eigenvalue weighted by molar-refractivity contribution is 0.0697. The number of benzene rings is 2. The van der Waals surface area contributed by atoms with Crippen molar-refractivity contribution >= 4 is 22.8 Å². The monoisotopic (exact) mass is 428 g/mol. The highest BCUT2D eigenvalue weighted by Gasteiger charge is 2.21. The Morgan fingerprint density at radius 3 is 2.72 bits per heavy atom. The predicted octanol–water partition coefficient (Wildman–Crippen LogP) is 4.69. The van der Waals surface area contributed by atoms with Crippen LogP contribution in [0.3, 0.4) is 0 Å². The molecule has 2 N–H and O–H groups in total. The normalized spacial score (nSPS) is 14.5. The molecule has 0 radical (unpaired) electrons. The number of carbonyl (C=O) groups is 1. The number of aromatic nitrogens is 3. The first-order valence-corrected chi connectivity index (χ1v) is 10.7. The summed E-state index contributed by atoms with van der Waals surface area (Å²) in [5.74, 6) is -0.199. The average Bonchev–Trinajstić information content (AvgIpc) is 3.21. The minimum absolute atomic E-state index is 0.245. The molecule has 1 saturated heterocycles. The number of nitrogens with zero attached hydrogens (tertiary/aromatic N) is 3. The van der Waals surface area contributed by atoms with Crippen molar-refractivity contribution in [2.24, 2.45) is 0 Å². The fourth-order valence-electron chi connectivity index (χ4n) is 4.22. The van der Waals surface area contributed by atoms with Gasteiger partial charge in [0.15, 0.2) is 5.65 Å². The van der Waals surface area contributed by atoms with Gasteiger partial charge in [-0.1, -0.05) is 24.3 Å². The highest BCUT2D eigenvalue weighted by atomic mass is 16.5. The van der Waals surface area contributed by atoms with Gasteiger partial charge < -0.3 is 19.7 Å². The minimum atomic E-state index is -0.953. The molecule has 0 atom stereocenters. The van der Waals surface area contributed by atoms with Crippen LogP contribution in [-0.2, 0) is 4.74 Å². The third-order valence-corrected chi connectivity index (χ3v) is 5.85. The lowest BCUT2D eigenvalue weighted by atomic mass is 10.0. The Morgan fingerprint density at radius 2 is 1.94 bits per heavy atom. The van der Waals surface area contributed by atoms with Gasteiger partial charge in [-0.15, -0.1) is 0 Å². The van der Waals surface area contributed by atoms with Gasteiger partial charge in [0.1, 0.15) is 12.1 Å². The van der Waals surface area contributed by atoms with Crippen molar-refractivity contribution in [3.05, 3.63) is 72.2 Å². The first kappa shape index (κ1) is 20.2. The molecule has 0 saturated carbocycles. The number of carboxylic acids is 1. The molecule has 2 aromatic heterocycles. The van der Waals surface area contributed by atoms with Crippen LogP contribution in [0, 0.1) is 6.92 Å². The van der Waals surface area contributed by atoms with Crippen molar-refractivity contribution in [2.45, 2.75) is 25.8 Å². The number of hydrogen-bond acceptors (Lipinski definition) is 5. The maximum Gasteiger partial charge on any atom is 0.335 e. The Labute approximate surface area is 185 Å². The molecule has 1 aliphatic heterocycles. The Balaban J connectivity index is 1.72. The van der Waals surface area contributed by atoms with Crippen LogP contribution in [-0.4, -0.2) is 44.9 Å². The van der Waals surface area contributed by atoms with E-state index in [9.17, 15) is 9.90 Å². The molecule has 7 heteroatoms. The van der Waals surface area contributed by atoms with Gasteiger partial charge in [0.2, 0.25) is 0 Å². The summed E-state index contributed by atoms with van der Waals surface area (Å²) in [7, 11) is 0. The van der Waals surface area contributed by atoms with E-state index in [4.69, 9.17) is 4.74 Å². The Hall–Kier alpha value is -3.71. The van der Waals surface area contributed by atoms with E-state index in [1.807, 2.05) is 29.0 Å². The van der Waals surface area contributed by atoms with Crippen LogP contribution in [0.4, 0.5) is 5.82 Å². The molecule has 5 rings (SSSR count). The zero-order valence-electron chi connectivity index (χ0n) is 17.8. The third kappa shape index (κ3) is 3.83. The number of rotatable bonds is 5. The zero-order valence-corrected chi connectivity index (χ0v) is 17.8. The van der Waals surface area contributed by atoms with Crippen molar-refractivity contribution in [1.29, 1.82) is 0 Å². The number of ether oxygens (including phenoxy) is 1. The number of anilines is 1. The maximum absolute atomic E-state index is 11.6. The van der Waals surface area contributed by atoms with E-state index in [1.165, 1.54) is 0 Å². The Kier molecular flexibility index (Phi) is 5.33. The smallest absolute Gasteiger partial charge is 0.335 e. The molecule has 2 aromatic carbocycles. The molecular weight excluding hydrogens is 404 g/mol. The van der Waals surface area contributed by atoms with Gasteiger partial charge in [0, 0.05) is 36.7 Å². The molecule has 3 heterocycles. The van der Waals surface area contributed by atoms with E-state index in [0.29, 0.717) is 0 Å². The van der Waals surface area contributed by atoms with E-state index in [2.05, 4.69) is 34.3 Å². The van der Waals surface area contributed by atoms with E-state index in [1.54, 1.807) is 24.5 Å². The van der Waals surface area contributed by atoms with Crippen LogP contribution in [0.15, 0.2) is 61.1 Å². The molecule has 0 amide bonds. The van der Waals surface area contributed by atoms with E-state index in [-0.39, 0.29) is 11.6 Å². The molecule has 1 fully saturated rings. The summed E-state index contributed by atoms with van der Waals surface area (Å²) in [6, 6.07) is 15.5. The topological polar surface area (TPSA) is 89.3 Å². The molecule has 0 bridgehead atoms. The molecule has 32 heavy (non-hydrogen) atoms. The molecule has 7 nitrogen and oxygen atoms in total. The highest BCUT2D eigenvalue weighted by Crippen LogP contribution is 2.36. The number of fused-ring (bicyclic) bond motifs is 1. The van der Waals surface area contributed by atoms with Crippen LogP contribution in [0.25, 0.3) is 27.8 Å². The lowest BCUT2D eigenvalue weighted by Gasteiger charge is -2.24. The van der Waals surface area contributed by atoms with Crippen molar-refractivity contribution < 1.29 is 14.6 Å². The first-order chi connectivity index (χ1) is 15.6. The summed E-state index contributed by atoms with van der Waals surface area (Å²) in [6.45, 7) is 3.51. The fraction of sp³-hybridized carbons (Fsp3) is 0.240. The summed E-state index contributed by atoms with van der Waals surface area (Å²) >= 11 is 0. The number of nitrogens with one attached hydrogen (secondary N) is 1. The van der Waals surface area contributed by atoms with Gasteiger partial charge in [0.05, 0.1) is 10.9 Å². The molecular formula is C25H24N4O3. The van der Waals surface area contributed by atoms with Crippen molar-refractivity contribution in [3.8, 4) is 16.8 Å². The van der Waals surface area contributed by atoms with Crippen LogP contribution in [0.2, 0.25) is 0 Å². The summed E-state index contributed by atoms with van der Waals surface area (Å²) in [5, 5.41) is 14.0. The second-order valence-electron chi connectivity index (χ2n) is 8.09. The fourth-order valence-corrected chi connectivity index (χ4v) is 4.22. The maximum atomic E-state index is 11.6. The van der Waals surface area contributed by atoms with E-state index < -0.39 is 5.97 Å². The summed E-state index contributed by atoms with van der Waals surface area (Å²) in [6.07, 6.45) is 5.42. The largest absolute Gasteiger partial charge is 0.478 e. The quantitative estimate of drug-likeness (QED) is 0.480. The number of hydrogen-bond donors (Lipinski definition) is 2. The zero-order chi connectivity index (χ0) is 22.1. The van der Waals surface area contributed by atoms with Crippen molar-refractivity contribution in [2.75, 3.05) is 18.5 Å². The van der Waals surface area contributed by atoms with Crippen molar-refractivity contribution in [1.82, 2.24) is 14.5 Å². The van der Waals surface area contributed by atoms with Gasteiger partial charge in [-0.2, -0.15) is 0 Å². The number of aromatic carboxylic acids is 1. The third-order valence-electron chi connectivity index (χ3n) is 5.85. The molecule has 1 aliphatic rings. The van der Waals surface area contributed by atoms with E-state index in [0.717, 1.165) is 65.3 Å². The molecule has 0 unspecified atom stereocenters. The average molecular weight is 428 g/mol. The number of aryl methyl sites for hydroxylation is 1. The Morgan fingerprint density at radius 1 is 1.12 bits per heavy atom. The Bertz CT molecular complexity index is 1290. The second-order valence-corrected chi connectivity index (χ2v) is 8.09. The van der Waals surface area contributed by atoms with Crippen LogP contribution < -0.4 is 5.32 Å². The van der Waals surface area contributed by atoms with Gasteiger partial charge in [-0.05, 0) is 55.2 Å². The lowest BCUT2D eigenvalue weighted by Crippen LogP contribution is -2.28. The summed E-state index contributed by atoms with van der Waals surface area (Å²) in [5.41, 5.74) is 4.86. The van der Waals surface area contributed by atoms with Crippen LogP contribution in [0.5, 0.6) is 0 Å². The molecule has 4 aromatic rings. The predicted molar refractivity (Wildman–Crippen MR) is 123 cm³/mol. The molecule has 0 aliphatic carbocycles. The van der Waals surface area contributed by atoms with Gasteiger partial charge in [-0.25, -0.2) is 14.8 Å². The SMILES string of the molecule is Cc1cccc(-n2cc(-c3cccc(C(=O)O)c3)c3c(NC4CCOCC4)ncnc32)c1. The van der Waals surface area contributed by atoms with Gasteiger partial charge in [0.25, 0.3) is 0 Å². The van der Waals surface area contributed by atoms with Crippen LogP contribution >= 0.6 is 0 Å². The second kappa shape index (κ2) is 8.43. The van der Waals surface area contributed by atoms with Gasteiger partial charge in [-0.3, -0.25) is 0 Å². The minimum Gasteiger partial charge on any atom is -0.478 e. The van der Waals surface area contributed by atoms with Crippen LogP contribution in [0.1, 0.15) is 28.8 Å². The molecule has 0 spiro atoms. The highest BCUT2D eigenvalue weighted by molar-refractivity contribution is 6.03. The summed E-state index contributed by atoms with van der Waals surface area (Å²) < 4.78 is 7.54. The first-order valence-electron chi connectivity index (χ1n) is 10.7. The molecule has 162 valence electrons. The number of carboxylic acid groups (broad SMARTS) is 1. The summed E-state index contributed by atoms with van der Waals surface area (Å²) in [4.78, 5) is 20.8. The van der Waals surface area contributed by atoms with Gasteiger partial charge >= 0.3 is 5.97 Å². The van der Waals surface area contributed by atoms with E-state index >= 15 is 0 Å². The standard InChI is InChI=1S/C25H24N4O3/c1-16-4-2-7-20(12-16)29-14-21(17-5-3-6-18(13-17)25(30)31)22-23(26-15-27-24(22)29)28-19-8-10-32-11-9-19/h2-7,12-15,19H,8-11H2,1H3,(H,30,31)(H,26,27,28). The van der Waals surface area contributed by atoms with Crippen molar-refractivity contribution in [3.63, 3.8) is 0 Å².